The van der Waals surface area contributed by atoms with Crippen molar-refractivity contribution in [2.75, 3.05) is 18.5 Å². The van der Waals surface area contributed by atoms with Crippen molar-refractivity contribution in [1.82, 2.24) is 0 Å². The molecule has 0 radical (unpaired) electrons. The standard InChI is InChI=1S/C13H17N/c1-4-8-12(2)11-14(3)13-9-6-5-7-10-13/h4-7,9-10H,11H2,1-3H3. The molecule has 0 fully saturated rings. The normalized spacial score (nSPS) is 9.07. The van der Waals surface area contributed by atoms with Gasteiger partial charge < -0.3 is 4.90 Å². The summed E-state index contributed by atoms with van der Waals surface area (Å²) in [6.45, 7) is 5.01. The van der Waals surface area contributed by atoms with Crippen LogP contribution in [0.25, 0.3) is 0 Å². The summed E-state index contributed by atoms with van der Waals surface area (Å²) in [5.41, 5.74) is 5.69. The van der Waals surface area contributed by atoms with E-state index in [1.54, 1.807) is 0 Å². The highest BCUT2D eigenvalue weighted by molar-refractivity contribution is 5.46. The Morgan fingerprint density at radius 3 is 2.57 bits per heavy atom. The zero-order valence-corrected chi connectivity index (χ0v) is 9.12. The maximum absolute atomic E-state index is 3.20. The van der Waals surface area contributed by atoms with Crippen molar-refractivity contribution in [2.24, 2.45) is 0 Å². The van der Waals surface area contributed by atoms with E-state index in [2.05, 4.69) is 48.9 Å². The second kappa shape index (κ2) is 5.31. The molecule has 0 N–H and O–H groups in total. The van der Waals surface area contributed by atoms with Crippen LogP contribution in [-0.2, 0) is 0 Å². The minimum atomic E-state index is 0.925. The molecule has 74 valence electrons. The van der Waals surface area contributed by atoms with Crippen LogP contribution >= 0.6 is 0 Å². The summed E-state index contributed by atoms with van der Waals surface area (Å²) < 4.78 is 0. The zero-order chi connectivity index (χ0) is 10.4. The van der Waals surface area contributed by atoms with E-state index in [1.165, 1.54) is 11.3 Å². The van der Waals surface area contributed by atoms with Gasteiger partial charge in [-0.25, -0.2) is 0 Å². The third-order valence-electron chi connectivity index (χ3n) is 2.06. The number of rotatable bonds is 3. The van der Waals surface area contributed by atoms with Gasteiger partial charge in [0, 0.05) is 19.3 Å². The molecule has 0 atom stereocenters. The lowest BCUT2D eigenvalue weighted by Crippen LogP contribution is -2.18. The molecule has 0 aromatic heterocycles. The third-order valence-corrected chi connectivity index (χ3v) is 2.06. The Bertz CT molecular complexity index is 332. The molecule has 0 spiro atoms. The quantitative estimate of drug-likeness (QED) is 0.657. The molecule has 1 rings (SSSR count). The topological polar surface area (TPSA) is 3.24 Å². The molecule has 0 saturated carbocycles. The van der Waals surface area contributed by atoms with Gasteiger partial charge in [0.15, 0.2) is 0 Å². The molecule has 0 saturated heterocycles. The first-order valence-electron chi connectivity index (χ1n) is 4.87. The average Bonchev–Trinajstić information content (AvgIpc) is 2.19. The fraction of sp³-hybridized carbons (Fsp3) is 0.308. The van der Waals surface area contributed by atoms with Crippen molar-refractivity contribution in [3.05, 3.63) is 47.7 Å². The molecule has 14 heavy (non-hydrogen) atoms. The first-order valence-corrected chi connectivity index (χ1v) is 4.87. The summed E-state index contributed by atoms with van der Waals surface area (Å²) in [6, 6.07) is 10.4. The molecule has 1 aromatic carbocycles. The van der Waals surface area contributed by atoms with Crippen LogP contribution in [0.1, 0.15) is 13.8 Å². The maximum atomic E-state index is 3.20. The van der Waals surface area contributed by atoms with Crippen LogP contribution in [-0.4, -0.2) is 13.6 Å². The Balaban J connectivity index is 2.69. The molecule has 1 heteroatoms. The Morgan fingerprint density at radius 2 is 2.00 bits per heavy atom. The van der Waals surface area contributed by atoms with Gasteiger partial charge in [0.2, 0.25) is 0 Å². The summed E-state index contributed by atoms with van der Waals surface area (Å²) >= 11 is 0. The van der Waals surface area contributed by atoms with Gasteiger partial charge in [-0.15, -0.1) is 5.73 Å². The fourth-order valence-corrected chi connectivity index (χ4v) is 1.42. The third kappa shape index (κ3) is 3.12. The molecule has 0 aliphatic heterocycles. The monoisotopic (exact) mass is 187 g/mol. The SMILES string of the molecule is CC=C=C(C)CN(C)c1ccccc1. The highest BCUT2D eigenvalue weighted by Crippen LogP contribution is 2.11. The first kappa shape index (κ1) is 10.6. The lowest BCUT2D eigenvalue weighted by molar-refractivity contribution is 0.984. The Hall–Kier alpha value is -1.46. The average molecular weight is 187 g/mol. The van der Waals surface area contributed by atoms with E-state index in [0.29, 0.717) is 0 Å². The van der Waals surface area contributed by atoms with Gasteiger partial charge in [0.25, 0.3) is 0 Å². The van der Waals surface area contributed by atoms with Crippen LogP contribution in [0, 0.1) is 0 Å². The highest BCUT2D eigenvalue weighted by atomic mass is 15.1. The van der Waals surface area contributed by atoms with Crippen LogP contribution in [0.5, 0.6) is 0 Å². The summed E-state index contributed by atoms with van der Waals surface area (Å²) in [5.74, 6) is 0. The largest absolute Gasteiger partial charge is 0.370 e. The lowest BCUT2D eigenvalue weighted by Gasteiger charge is -2.18. The molecule has 0 amide bonds. The van der Waals surface area contributed by atoms with Gasteiger partial charge in [-0.3, -0.25) is 0 Å². The molecule has 0 heterocycles. The van der Waals surface area contributed by atoms with Crippen molar-refractivity contribution in [3.63, 3.8) is 0 Å². The van der Waals surface area contributed by atoms with E-state index in [0.717, 1.165) is 6.54 Å². The number of anilines is 1. The number of para-hydroxylation sites is 1. The van der Waals surface area contributed by atoms with Crippen LogP contribution in [0.3, 0.4) is 0 Å². The van der Waals surface area contributed by atoms with Gasteiger partial charge >= 0.3 is 0 Å². The van der Waals surface area contributed by atoms with Crippen molar-refractivity contribution < 1.29 is 0 Å². The van der Waals surface area contributed by atoms with Crippen LogP contribution in [0.2, 0.25) is 0 Å². The van der Waals surface area contributed by atoms with E-state index < -0.39 is 0 Å². The molecular formula is C13H17N. The van der Waals surface area contributed by atoms with E-state index in [4.69, 9.17) is 0 Å². The number of nitrogens with zero attached hydrogens (tertiary/aromatic N) is 1. The molecule has 0 bridgehead atoms. The Morgan fingerprint density at radius 1 is 1.36 bits per heavy atom. The zero-order valence-electron chi connectivity index (χ0n) is 9.12. The highest BCUT2D eigenvalue weighted by Gasteiger charge is 1.98. The molecule has 0 unspecified atom stereocenters. The van der Waals surface area contributed by atoms with E-state index in [9.17, 15) is 0 Å². The van der Waals surface area contributed by atoms with Crippen molar-refractivity contribution in [1.29, 1.82) is 0 Å². The second-order valence-electron chi connectivity index (χ2n) is 3.40. The van der Waals surface area contributed by atoms with Gasteiger partial charge in [-0.05, 0) is 37.6 Å². The fourth-order valence-electron chi connectivity index (χ4n) is 1.42. The van der Waals surface area contributed by atoms with Crippen molar-refractivity contribution in [3.8, 4) is 0 Å². The number of hydrogen-bond acceptors (Lipinski definition) is 1. The van der Waals surface area contributed by atoms with Gasteiger partial charge in [-0.2, -0.15) is 0 Å². The van der Waals surface area contributed by atoms with Gasteiger partial charge in [0.05, 0.1) is 0 Å². The molecule has 1 aromatic rings. The summed E-state index contributed by atoms with van der Waals surface area (Å²) in [5, 5.41) is 0. The minimum absolute atomic E-state index is 0.925. The molecule has 0 aliphatic carbocycles. The number of benzene rings is 1. The van der Waals surface area contributed by atoms with E-state index in [1.807, 2.05) is 19.1 Å². The molecular weight excluding hydrogens is 170 g/mol. The van der Waals surface area contributed by atoms with Crippen LogP contribution in [0.15, 0.2) is 47.7 Å². The lowest BCUT2D eigenvalue weighted by atomic mass is 10.2. The summed E-state index contributed by atoms with van der Waals surface area (Å²) in [6.07, 6.45) is 1.95. The minimum Gasteiger partial charge on any atom is -0.370 e. The van der Waals surface area contributed by atoms with Gasteiger partial charge in [-0.1, -0.05) is 18.2 Å². The predicted octanol–water partition coefficient (Wildman–Crippen LogP) is 3.24. The van der Waals surface area contributed by atoms with Crippen molar-refractivity contribution in [2.45, 2.75) is 13.8 Å². The summed E-state index contributed by atoms with van der Waals surface area (Å²) in [4.78, 5) is 2.21. The maximum Gasteiger partial charge on any atom is 0.0457 e. The van der Waals surface area contributed by atoms with Crippen LogP contribution < -0.4 is 4.90 Å². The van der Waals surface area contributed by atoms with E-state index >= 15 is 0 Å². The summed E-state index contributed by atoms with van der Waals surface area (Å²) in [7, 11) is 2.09. The van der Waals surface area contributed by atoms with E-state index in [-0.39, 0.29) is 0 Å². The number of hydrogen-bond donors (Lipinski definition) is 0. The van der Waals surface area contributed by atoms with Gasteiger partial charge in [0.1, 0.15) is 0 Å². The second-order valence-corrected chi connectivity index (χ2v) is 3.40. The van der Waals surface area contributed by atoms with Crippen molar-refractivity contribution >= 4 is 5.69 Å². The van der Waals surface area contributed by atoms with Crippen LogP contribution in [0.4, 0.5) is 5.69 Å². The predicted molar refractivity (Wildman–Crippen MR) is 62.7 cm³/mol. The molecule has 0 aliphatic rings. The molecule has 1 nitrogen and oxygen atoms in total. The Kier molecular flexibility index (Phi) is 4.03. The first-order chi connectivity index (χ1) is 6.74. The smallest absolute Gasteiger partial charge is 0.0457 e. The number of likely N-dealkylation sites (N-methyl/N-ethyl adjacent to an activating group) is 1. The Labute approximate surface area is 86.4 Å².